The van der Waals surface area contributed by atoms with Crippen molar-refractivity contribution in [1.82, 2.24) is 9.29 Å². The number of fused-ring (bicyclic) bond motifs is 1. The Morgan fingerprint density at radius 1 is 1.00 bits per heavy atom. The number of carbonyl (C=O) groups is 1. The molecule has 29 heavy (non-hydrogen) atoms. The molecule has 1 aliphatic rings. The van der Waals surface area contributed by atoms with Crippen LogP contribution in [0, 0.1) is 0 Å². The van der Waals surface area contributed by atoms with Crippen molar-refractivity contribution >= 4 is 32.6 Å². The van der Waals surface area contributed by atoms with Crippen LogP contribution in [0.25, 0.3) is 22.2 Å². The standard InChI is InChI=1S/C21H21N3O4S/c1-29(27,28)24-11-9-23(10-12-24)19-14-17-13-16(21(25)26)7-8-18(17)22-20(19)15-5-3-2-4-6-15/h2-8,13-14H,9-12H2,1H3,(H,25,26). The van der Waals surface area contributed by atoms with Gasteiger partial charge < -0.3 is 10.0 Å². The number of aromatic carboxylic acids is 1. The van der Waals surface area contributed by atoms with Crippen LogP contribution in [0.15, 0.2) is 54.6 Å². The van der Waals surface area contributed by atoms with E-state index in [1.807, 2.05) is 36.4 Å². The first-order valence-corrected chi connectivity index (χ1v) is 11.1. The lowest BCUT2D eigenvalue weighted by atomic mass is 10.0. The lowest BCUT2D eigenvalue weighted by Crippen LogP contribution is -2.48. The van der Waals surface area contributed by atoms with Crippen LogP contribution in [0.5, 0.6) is 0 Å². The van der Waals surface area contributed by atoms with E-state index in [0.29, 0.717) is 31.7 Å². The highest BCUT2D eigenvalue weighted by Gasteiger charge is 2.25. The Morgan fingerprint density at radius 2 is 1.69 bits per heavy atom. The van der Waals surface area contributed by atoms with E-state index in [2.05, 4.69) is 4.90 Å². The molecule has 0 saturated carbocycles. The van der Waals surface area contributed by atoms with Gasteiger partial charge in [0.25, 0.3) is 0 Å². The van der Waals surface area contributed by atoms with Crippen molar-refractivity contribution in [3.8, 4) is 11.3 Å². The first-order valence-electron chi connectivity index (χ1n) is 9.26. The van der Waals surface area contributed by atoms with Crippen molar-refractivity contribution in [2.24, 2.45) is 0 Å². The molecule has 0 unspecified atom stereocenters. The largest absolute Gasteiger partial charge is 0.478 e. The Balaban J connectivity index is 1.80. The quantitative estimate of drug-likeness (QED) is 0.710. The predicted molar refractivity (Wildman–Crippen MR) is 113 cm³/mol. The molecule has 0 spiro atoms. The molecule has 0 atom stereocenters. The van der Waals surface area contributed by atoms with Crippen LogP contribution in [0.1, 0.15) is 10.4 Å². The van der Waals surface area contributed by atoms with E-state index >= 15 is 0 Å². The minimum atomic E-state index is -3.22. The van der Waals surface area contributed by atoms with Gasteiger partial charge in [-0.2, -0.15) is 4.31 Å². The molecule has 0 aliphatic carbocycles. The summed E-state index contributed by atoms with van der Waals surface area (Å²) in [4.78, 5) is 18.3. The molecule has 2 heterocycles. The summed E-state index contributed by atoms with van der Waals surface area (Å²) in [7, 11) is -3.22. The zero-order valence-corrected chi connectivity index (χ0v) is 16.8. The van der Waals surface area contributed by atoms with Gasteiger partial charge in [-0.15, -0.1) is 0 Å². The number of sulfonamides is 1. The highest BCUT2D eigenvalue weighted by molar-refractivity contribution is 7.88. The van der Waals surface area contributed by atoms with Gasteiger partial charge in [-0.25, -0.2) is 18.2 Å². The third-order valence-corrected chi connectivity index (χ3v) is 6.44. The number of pyridine rings is 1. The number of rotatable bonds is 4. The molecule has 1 saturated heterocycles. The van der Waals surface area contributed by atoms with Crippen molar-refractivity contribution in [3.05, 3.63) is 60.2 Å². The molecule has 0 amide bonds. The molecule has 150 valence electrons. The van der Waals surface area contributed by atoms with Gasteiger partial charge in [0.1, 0.15) is 0 Å². The number of hydrogen-bond acceptors (Lipinski definition) is 5. The topological polar surface area (TPSA) is 90.8 Å². The zero-order chi connectivity index (χ0) is 20.6. The Kier molecular flexibility index (Phi) is 4.97. The molecule has 4 rings (SSSR count). The second kappa shape index (κ2) is 7.46. The van der Waals surface area contributed by atoms with E-state index in [1.165, 1.54) is 10.6 Å². The maximum atomic E-state index is 11.8. The van der Waals surface area contributed by atoms with Gasteiger partial charge in [0.2, 0.25) is 10.0 Å². The number of piperazine rings is 1. The number of carboxylic acids is 1. The second-order valence-corrected chi connectivity index (χ2v) is 9.07. The van der Waals surface area contributed by atoms with E-state index in [1.54, 1.807) is 18.2 Å². The highest BCUT2D eigenvalue weighted by Crippen LogP contribution is 2.33. The minimum Gasteiger partial charge on any atom is -0.478 e. The van der Waals surface area contributed by atoms with Gasteiger partial charge in [-0.3, -0.25) is 0 Å². The average molecular weight is 411 g/mol. The van der Waals surface area contributed by atoms with Crippen molar-refractivity contribution in [1.29, 1.82) is 0 Å². The number of anilines is 1. The summed E-state index contributed by atoms with van der Waals surface area (Å²) >= 11 is 0. The summed E-state index contributed by atoms with van der Waals surface area (Å²) in [5.41, 5.74) is 3.55. The molecular weight excluding hydrogens is 390 g/mol. The monoisotopic (exact) mass is 411 g/mol. The molecule has 3 aromatic rings. The van der Waals surface area contributed by atoms with Gasteiger partial charge in [-0.1, -0.05) is 30.3 Å². The summed E-state index contributed by atoms with van der Waals surface area (Å²) in [6.07, 6.45) is 1.23. The van der Waals surface area contributed by atoms with Gasteiger partial charge in [-0.05, 0) is 24.3 Å². The van der Waals surface area contributed by atoms with Crippen LogP contribution in [-0.2, 0) is 10.0 Å². The Hall–Kier alpha value is -2.97. The maximum absolute atomic E-state index is 11.8. The van der Waals surface area contributed by atoms with Crippen molar-refractivity contribution in [3.63, 3.8) is 0 Å². The molecule has 8 heteroatoms. The summed E-state index contributed by atoms with van der Waals surface area (Å²) in [5, 5.41) is 10.0. The lowest BCUT2D eigenvalue weighted by molar-refractivity contribution is 0.0697. The number of hydrogen-bond donors (Lipinski definition) is 1. The second-order valence-electron chi connectivity index (χ2n) is 7.08. The third-order valence-electron chi connectivity index (χ3n) is 5.14. The van der Waals surface area contributed by atoms with E-state index < -0.39 is 16.0 Å². The first kappa shape index (κ1) is 19.4. The van der Waals surface area contributed by atoms with E-state index in [9.17, 15) is 18.3 Å². The third kappa shape index (κ3) is 3.94. The highest BCUT2D eigenvalue weighted by atomic mass is 32.2. The average Bonchev–Trinajstić information content (AvgIpc) is 2.72. The zero-order valence-electron chi connectivity index (χ0n) is 15.9. The van der Waals surface area contributed by atoms with Crippen molar-refractivity contribution < 1.29 is 18.3 Å². The van der Waals surface area contributed by atoms with Gasteiger partial charge in [0, 0.05) is 37.1 Å². The predicted octanol–water partition coefficient (Wildman–Crippen LogP) is 2.68. The van der Waals surface area contributed by atoms with Crippen LogP contribution in [0.2, 0.25) is 0 Å². The molecule has 7 nitrogen and oxygen atoms in total. The van der Waals surface area contributed by atoms with Gasteiger partial charge >= 0.3 is 5.97 Å². The van der Waals surface area contributed by atoms with E-state index in [0.717, 1.165) is 22.3 Å². The fourth-order valence-corrected chi connectivity index (χ4v) is 4.44. The van der Waals surface area contributed by atoms with Crippen molar-refractivity contribution in [2.45, 2.75) is 0 Å². The van der Waals surface area contributed by atoms with Crippen LogP contribution < -0.4 is 4.90 Å². The fourth-order valence-electron chi connectivity index (χ4n) is 3.61. The van der Waals surface area contributed by atoms with E-state index in [-0.39, 0.29) is 5.56 Å². The number of nitrogens with zero attached hydrogens (tertiary/aromatic N) is 3. The summed E-state index contributed by atoms with van der Waals surface area (Å²) in [6, 6.07) is 16.6. The van der Waals surface area contributed by atoms with Crippen LogP contribution in [0.4, 0.5) is 5.69 Å². The molecule has 1 aliphatic heterocycles. The molecule has 0 radical (unpaired) electrons. The van der Waals surface area contributed by atoms with Crippen molar-refractivity contribution in [2.75, 3.05) is 37.3 Å². The summed E-state index contributed by atoms with van der Waals surface area (Å²) in [6.45, 7) is 1.89. The minimum absolute atomic E-state index is 0.208. The normalized spacial score (nSPS) is 15.6. The van der Waals surface area contributed by atoms with Gasteiger partial charge in [0.15, 0.2) is 0 Å². The summed E-state index contributed by atoms with van der Waals surface area (Å²) < 4.78 is 25.1. The summed E-state index contributed by atoms with van der Waals surface area (Å²) in [5.74, 6) is -0.984. The first-order chi connectivity index (χ1) is 13.8. The molecule has 1 N–H and O–H groups in total. The van der Waals surface area contributed by atoms with E-state index in [4.69, 9.17) is 4.98 Å². The SMILES string of the molecule is CS(=O)(=O)N1CCN(c2cc3cc(C(=O)O)ccc3nc2-c2ccccc2)CC1. The maximum Gasteiger partial charge on any atom is 0.335 e. The Bertz CT molecular complexity index is 1170. The van der Waals surface area contributed by atoms with Crippen LogP contribution in [-0.4, -0.2) is 61.2 Å². The van der Waals surface area contributed by atoms with Gasteiger partial charge in [0.05, 0.1) is 28.7 Å². The number of benzene rings is 2. The number of aromatic nitrogens is 1. The number of carboxylic acid groups (broad SMARTS) is 1. The smallest absolute Gasteiger partial charge is 0.335 e. The molecule has 0 bridgehead atoms. The van der Waals surface area contributed by atoms with Crippen LogP contribution in [0.3, 0.4) is 0 Å². The fraction of sp³-hybridized carbons (Fsp3) is 0.238. The Labute approximate surface area is 169 Å². The molecule has 1 aromatic heterocycles. The molecule has 1 fully saturated rings. The van der Waals surface area contributed by atoms with Crippen LogP contribution >= 0.6 is 0 Å². The Morgan fingerprint density at radius 3 is 2.31 bits per heavy atom. The molecular formula is C21H21N3O4S. The lowest BCUT2D eigenvalue weighted by Gasteiger charge is -2.35. The molecule has 2 aromatic carbocycles.